The summed E-state index contributed by atoms with van der Waals surface area (Å²) in [6.45, 7) is 2.19. The first-order valence-electron chi connectivity index (χ1n) is 6.68. The van der Waals surface area contributed by atoms with Crippen LogP contribution in [0.15, 0.2) is 45.2 Å². The number of hydrogen-bond acceptors (Lipinski definition) is 3. The first kappa shape index (κ1) is 12.0. The Morgan fingerprint density at radius 1 is 1.21 bits per heavy atom. The van der Waals surface area contributed by atoms with Gasteiger partial charge in [-0.05, 0) is 24.5 Å². The van der Waals surface area contributed by atoms with Crippen molar-refractivity contribution >= 4 is 11.6 Å². The summed E-state index contributed by atoms with van der Waals surface area (Å²) in [5, 5.41) is 9.69. The van der Waals surface area contributed by atoms with E-state index in [9.17, 15) is 4.79 Å². The molecule has 0 fully saturated rings. The molecular formula is C15H15N3O. The molecule has 0 N–H and O–H groups in total. The van der Waals surface area contributed by atoms with Crippen molar-refractivity contribution in [3.63, 3.8) is 0 Å². The summed E-state index contributed by atoms with van der Waals surface area (Å²) >= 11 is 0. The second kappa shape index (κ2) is 4.88. The third-order valence-corrected chi connectivity index (χ3v) is 3.47. The number of hydrogen-bond donors (Lipinski definition) is 0. The molecule has 0 saturated heterocycles. The minimum absolute atomic E-state index is 0.238. The molecule has 4 heteroatoms. The van der Waals surface area contributed by atoms with Crippen LogP contribution in [0, 0.1) is 0 Å². The zero-order chi connectivity index (χ0) is 13.2. The first-order chi connectivity index (χ1) is 9.31. The Balaban J connectivity index is 2.16. The van der Waals surface area contributed by atoms with Gasteiger partial charge >= 0.3 is 0 Å². The molecule has 2 heterocycles. The highest BCUT2D eigenvalue weighted by Crippen LogP contribution is 2.21. The van der Waals surface area contributed by atoms with Gasteiger partial charge < -0.3 is 0 Å². The van der Waals surface area contributed by atoms with Crippen LogP contribution in [0.25, 0.3) is 5.70 Å². The second-order valence-electron chi connectivity index (χ2n) is 4.79. The average Bonchev–Trinajstić information content (AvgIpc) is 2.89. The molecule has 96 valence electrons. The standard InChI is InChI=1S/C15H15N3O/c1-2-3-4-6-10-7-5-8-12-13(10)14-11(9-16-18-14)15(19)17-12/h5,7-9H,2-4,6H2,1H3. The van der Waals surface area contributed by atoms with Gasteiger partial charge in [-0.25, -0.2) is 4.99 Å². The number of nitrogens with zero attached hydrogens (tertiary/aromatic N) is 3. The van der Waals surface area contributed by atoms with Crippen LogP contribution in [0.3, 0.4) is 0 Å². The average molecular weight is 253 g/mol. The molecule has 0 spiro atoms. The largest absolute Gasteiger partial charge is 0.281 e. The quantitative estimate of drug-likeness (QED) is 0.757. The Bertz CT molecular complexity index is 713. The van der Waals surface area contributed by atoms with E-state index in [1.54, 1.807) is 0 Å². The van der Waals surface area contributed by atoms with Crippen molar-refractivity contribution in [2.45, 2.75) is 32.6 Å². The van der Waals surface area contributed by atoms with E-state index in [2.05, 4.69) is 28.2 Å². The fourth-order valence-electron chi connectivity index (χ4n) is 2.50. The highest BCUT2D eigenvalue weighted by molar-refractivity contribution is 6.07. The number of aryl methyl sites for hydroxylation is 1. The van der Waals surface area contributed by atoms with Crippen molar-refractivity contribution in [3.05, 3.63) is 46.1 Å². The molecule has 0 radical (unpaired) electrons. The minimum Gasteiger partial charge on any atom is -0.267 e. The molecule has 0 unspecified atom stereocenters. The van der Waals surface area contributed by atoms with Crippen molar-refractivity contribution in [1.82, 2.24) is 0 Å². The summed E-state index contributed by atoms with van der Waals surface area (Å²) in [6, 6.07) is 5.92. The number of azo groups is 1. The van der Waals surface area contributed by atoms with E-state index in [-0.39, 0.29) is 5.91 Å². The van der Waals surface area contributed by atoms with Gasteiger partial charge in [0.1, 0.15) is 5.70 Å². The summed E-state index contributed by atoms with van der Waals surface area (Å²) in [5.41, 5.74) is 2.43. The highest BCUT2D eigenvalue weighted by atomic mass is 16.1. The maximum atomic E-state index is 11.8. The van der Waals surface area contributed by atoms with Crippen LogP contribution in [0.4, 0.5) is 0 Å². The van der Waals surface area contributed by atoms with Gasteiger partial charge in [0.2, 0.25) is 0 Å². The summed E-state index contributed by atoms with van der Waals surface area (Å²) in [6.07, 6.45) is 6.04. The molecule has 1 amide bonds. The van der Waals surface area contributed by atoms with Gasteiger partial charge in [0, 0.05) is 5.22 Å². The number of amides is 1. The van der Waals surface area contributed by atoms with E-state index in [4.69, 9.17) is 0 Å². The number of carbonyl (C=O) groups excluding carboxylic acids is 1. The van der Waals surface area contributed by atoms with Gasteiger partial charge in [0.15, 0.2) is 0 Å². The van der Waals surface area contributed by atoms with Crippen molar-refractivity contribution < 1.29 is 4.79 Å². The van der Waals surface area contributed by atoms with Crippen molar-refractivity contribution in [1.29, 1.82) is 0 Å². The normalized spacial score (nSPS) is 15.9. The molecular weight excluding hydrogens is 238 g/mol. The Morgan fingerprint density at radius 2 is 2.11 bits per heavy atom. The SMILES string of the molecule is CCCCCc1cccc2c1=C1N=NC=C1C(=O)N=2. The van der Waals surface area contributed by atoms with Crippen molar-refractivity contribution in [2.24, 2.45) is 15.2 Å². The van der Waals surface area contributed by atoms with Crippen LogP contribution in [0.5, 0.6) is 0 Å². The molecule has 1 aromatic carbocycles. The van der Waals surface area contributed by atoms with E-state index >= 15 is 0 Å². The topological polar surface area (TPSA) is 54.1 Å². The Morgan fingerprint density at radius 3 is 2.95 bits per heavy atom. The van der Waals surface area contributed by atoms with Crippen LogP contribution in [-0.2, 0) is 11.2 Å². The molecule has 0 saturated carbocycles. The maximum Gasteiger partial charge on any atom is 0.281 e. The van der Waals surface area contributed by atoms with Gasteiger partial charge in [0.05, 0.1) is 17.1 Å². The fourth-order valence-corrected chi connectivity index (χ4v) is 2.50. The molecule has 3 rings (SSSR count). The fraction of sp³-hybridized carbons (Fsp3) is 0.333. The molecule has 0 atom stereocenters. The molecule has 2 aliphatic heterocycles. The Labute approximate surface area is 111 Å². The van der Waals surface area contributed by atoms with Crippen LogP contribution in [0.2, 0.25) is 0 Å². The maximum absolute atomic E-state index is 11.8. The molecule has 19 heavy (non-hydrogen) atoms. The number of benzene rings is 1. The van der Waals surface area contributed by atoms with Crippen LogP contribution in [0.1, 0.15) is 31.7 Å². The molecule has 0 aliphatic carbocycles. The van der Waals surface area contributed by atoms with E-state index < -0.39 is 0 Å². The third kappa shape index (κ3) is 2.03. The number of rotatable bonds is 4. The van der Waals surface area contributed by atoms with Gasteiger partial charge in [-0.1, -0.05) is 31.9 Å². The summed E-state index contributed by atoms with van der Waals surface area (Å²) < 4.78 is 0. The predicted molar refractivity (Wildman–Crippen MR) is 71.8 cm³/mol. The molecule has 1 aromatic rings. The molecule has 0 bridgehead atoms. The van der Waals surface area contributed by atoms with Gasteiger partial charge in [-0.15, -0.1) is 5.11 Å². The highest BCUT2D eigenvalue weighted by Gasteiger charge is 2.23. The minimum atomic E-state index is -0.238. The molecule has 4 nitrogen and oxygen atoms in total. The lowest BCUT2D eigenvalue weighted by molar-refractivity contribution is -0.114. The van der Waals surface area contributed by atoms with Gasteiger partial charge in [0.25, 0.3) is 5.91 Å². The second-order valence-corrected chi connectivity index (χ2v) is 4.79. The van der Waals surface area contributed by atoms with Gasteiger partial charge in [-0.2, -0.15) is 5.11 Å². The van der Waals surface area contributed by atoms with Crippen LogP contribution < -0.4 is 10.6 Å². The van der Waals surface area contributed by atoms with E-state index in [1.807, 2.05) is 12.1 Å². The number of fused-ring (bicyclic) bond motifs is 2. The summed E-state index contributed by atoms with van der Waals surface area (Å²) in [4.78, 5) is 16.0. The first-order valence-corrected chi connectivity index (χ1v) is 6.68. The van der Waals surface area contributed by atoms with Crippen molar-refractivity contribution in [3.8, 4) is 0 Å². The van der Waals surface area contributed by atoms with Crippen LogP contribution >= 0.6 is 0 Å². The van der Waals surface area contributed by atoms with Crippen LogP contribution in [-0.4, -0.2) is 5.91 Å². The smallest absolute Gasteiger partial charge is 0.267 e. The van der Waals surface area contributed by atoms with E-state index in [0.29, 0.717) is 11.3 Å². The lowest BCUT2D eigenvalue weighted by Crippen LogP contribution is -2.36. The summed E-state index contributed by atoms with van der Waals surface area (Å²) in [5.74, 6) is -0.238. The van der Waals surface area contributed by atoms with Gasteiger partial charge in [-0.3, -0.25) is 4.79 Å². The number of carbonyl (C=O) groups is 1. The zero-order valence-electron chi connectivity index (χ0n) is 10.9. The third-order valence-electron chi connectivity index (χ3n) is 3.47. The number of unbranched alkanes of at least 4 members (excludes halogenated alkanes) is 2. The lowest BCUT2D eigenvalue weighted by atomic mass is 9.99. The van der Waals surface area contributed by atoms with E-state index in [1.165, 1.54) is 24.6 Å². The van der Waals surface area contributed by atoms with E-state index in [0.717, 1.165) is 23.4 Å². The molecule has 2 aliphatic rings. The molecule has 0 aromatic heterocycles. The van der Waals surface area contributed by atoms with Crippen molar-refractivity contribution in [2.75, 3.05) is 0 Å². The monoisotopic (exact) mass is 253 g/mol. The summed E-state index contributed by atoms with van der Waals surface area (Å²) in [7, 11) is 0. The zero-order valence-corrected chi connectivity index (χ0v) is 10.9. The predicted octanol–water partition coefficient (Wildman–Crippen LogP) is 2.04. The Hall–Kier alpha value is -2.10. The Kier molecular flexibility index (Phi) is 3.07. The lowest BCUT2D eigenvalue weighted by Gasteiger charge is -2.09.